The number of ether oxygens (including phenoxy) is 3. The SMILES string of the molecule is COc1ccc(CCC(=O)CC2c3c(cc4c(c3CO)OCO4)CC[N+]2(C)C)c(CO)c1.[I-]. The number of rotatable bonds is 8. The molecule has 2 aromatic rings. The Balaban J connectivity index is 0.00000306. The summed E-state index contributed by atoms with van der Waals surface area (Å²) in [5.74, 6) is 2.14. The van der Waals surface area contributed by atoms with Crippen LogP contribution >= 0.6 is 0 Å². The number of likely N-dealkylation sites (N-methyl/N-ethyl adjacent to an activating group) is 1. The topological polar surface area (TPSA) is 85.2 Å². The fraction of sp³-hybridized carbons (Fsp3) is 0.480. The van der Waals surface area contributed by atoms with Crippen LogP contribution < -0.4 is 38.2 Å². The summed E-state index contributed by atoms with van der Waals surface area (Å²) in [7, 11) is 5.87. The van der Waals surface area contributed by atoms with Gasteiger partial charge in [0.1, 0.15) is 17.6 Å². The van der Waals surface area contributed by atoms with Crippen LogP contribution in [0.5, 0.6) is 17.2 Å². The van der Waals surface area contributed by atoms with Gasteiger partial charge in [0, 0.05) is 24.0 Å². The lowest BCUT2D eigenvalue weighted by molar-refractivity contribution is -0.922. The number of nitrogens with zero attached hydrogens (tertiary/aromatic N) is 1. The Kier molecular flexibility index (Phi) is 8.26. The van der Waals surface area contributed by atoms with Gasteiger partial charge >= 0.3 is 0 Å². The Morgan fingerprint density at radius 1 is 1.15 bits per heavy atom. The van der Waals surface area contributed by atoms with Gasteiger partial charge in [0.05, 0.1) is 47.4 Å². The molecule has 0 aliphatic carbocycles. The van der Waals surface area contributed by atoms with E-state index < -0.39 is 0 Å². The zero-order valence-corrected chi connectivity index (χ0v) is 21.6. The Morgan fingerprint density at radius 3 is 2.64 bits per heavy atom. The van der Waals surface area contributed by atoms with E-state index in [1.807, 2.05) is 24.3 Å². The van der Waals surface area contributed by atoms with Crippen molar-refractivity contribution in [3.63, 3.8) is 0 Å². The molecule has 2 aliphatic heterocycles. The van der Waals surface area contributed by atoms with Gasteiger partial charge < -0.3 is 52.9 Å². The summed E-state index contributed by atoms with van der Waals surface area (Å²) in [6.07, 6.45) is 2.21. The van der Waals surface area contributed by atoms with Gasteiger partial charge in [-0.15, -0.1) is 0 Å². The lowest BCUT2D eigenvalue weighted by Gasteiger charge is -2.43. The van der Waals surface area contributed by atoms with Crippen molar-refractivity contribution in [2.24, 2.45) is 0 Å². The first-order valence-corrected chi connectivity index (χ1v) is 11.0. The maximum absolute atomic E-state index is 13.1. The van der Waals surface area contributed by atoms with E-state index in [0.29, 0.717) is 41.0 Å². The molecule has 0 aromatic heterocycles. The van der Waals surface area contributed by atoms with E-state index in [4.69, 9.17) is 14.2 Å². The average Bonchev–Trinajstić information content (AvgIpc) is 3.26. The normalized spacial score (nSPS) is 17.8. The number of hydrogen-bond donors (Lipinski definition) is 2. The molecular formula is C25H32INO6. The Morgan fingerprint density at radius 2 is 1.94 bits per heavy atom. The Bertz CT molecular complexity index is 1020. The zero-order valence-electron chi connectivity index (χ0n) is 19.4. The van der Waals surface area contributed by atoms with Gasteiger partial charge in [-0.1, -0.05) is 6.07 Å². The summed E-state index contributed by atoms with van der Waals surface area (Å²) >= 11 is 0. The Labute approximate surface area is 211 Å². The highest BCUT2D eigenvalue weighted by molar-refractivity contribution is 5.79. The number of hydrogen-bond acceptors (Lipinski definition) is 6. The van der Waals surface area contributed by atoms with Gasteiger partial charge in [0.15, 0.2) is 11.5 Å². The Hall–Kier alpha value is -1.88. The van der Waals surface area contributed by atoms with Crippen molar-refractivity contribution in [3.8, 4) is 17.2 Å². The number of fused-ring (bicyclic) bond motifs is 2. The van der Waals surface area contributed by atoms with Gasteiger partial charge in [-0.2, -0.15) is 0 Å². The standard InChI is InChI=1S/C25H32NO6.HI/c1-26(2)9-8-17-11-23-25(32-15-31-23)21(14-28)24(17)22(26)12-19(29)6-4-16-5-7-20(30-3)10-18(16)13-27;/h5,7,10-11,22,27-28H,4,6,8-9,12-15H2,1-3H3;1H/q+1;/p-1. The van der Waals surface area contributed by atoms with E-state index in [0.717, 1.165) is 40.8 Å². The minimum atomic E-state index is -0.148. The van der Waals surface area contributed by atoms with Crippen LogP contribution in [0.1, 0.15) is 46.7 Å². The molecule has 2 aromatic carbocycles. The molecular weight excluding hydrogens is 537 g/mol. The van der Waals surface area contributed by atoms with Gasteiger partial charge in [0.25, 0.3) is 0 Å². The van der Waals surface area contributed by atoms with E-state index in [1.54, 1.807) is 7.11 Å². The molecule has 0 spiro atoms. The fourth-order valence-corrected chi connectivity index (χ4v) is 4.94. The molecule has 0 saturated heterocycles. The predicted molar refractivity (Wildman–Crippen MR) is 119 cm³/mol. The second-order valence-corrected chi connectivity index (χ2v) is 9.12. The average molecular weight is 569 g/mol. The van der Waals surface area contributed by atoms with Crippen LogP contribution in [0.15, 0.2) is 24.3 Å². The third-order valence-corrected chi connectivity index (χ3v) is 6.86. The predicted octanol–water partition coefficient (Wildman–Crippen LogP) is -0.322. The number of aryl methyl sites for hydroxylation is 1. The van der Waals surface area contributed by atoms with E-state index in [-0.39, 0.29) is 55.8 Å². The quantitative estimate of drug-likeness (QED) is 0.335. The van der Waals surface area contributed by atoms with Crippen LogP contribution in [0, 0.1) is 0 Å². The number of methoxy groups -OCH3 is 1. The highest BCUT2D eigenvalue weighted by Gasteiger charge is 2.41. The number of aliphatic hydroxyl groups is 2. The second kappa shape index (κ2) is 10.6. The van der Waals surface area contributed by atoms with Crippen LogP contribution in [0.3, 0.4) is 0 Å². The van der Waals surface area contributed by atoms with Crippen molar-refractivity contribution in [2.45, 2.75) is 44.9 Å². The van der Waals surface area contributed by atoms with Crippen molar-refractivity contribution in [1.82, 2.24) is 0 Å². The maximum atomic E-state index is 13.1. The molecule has 2 N–H and O–H groups in total. The summed E-state index contributed by atoms with van der Waals surface area (Å²) < 4.78 is 17.1. The second-order valence-electron chi connectivity index (χ2n) is 9.12. The summed E-state index contributed by atoms with van der Waals surface area (Å²) in [5, 5.41) is 19.9. The van der Waals surface area contributed by atoms with Crippen LogP contribution in [0.25, 0.3) is 0 Å². The highest BCUT2D eigenvalue weighted by Crippen LogP contribution is 2.47. The maximum Gasteiger partial charge on any atom is 0.231 e. The summed E-state index contributed by atoms with van der Waals surface area (Å²) in [4.78, 5) is 13.1. The lowest BCUT2D eigenvalue weighted by Crippen LogP contribution is -3.00. The van der Waals surface area contributed by atoms with Gasteiger partial charge in [0.2, 0.25) is 6.79 Å². The minimum Gasteiger partial charge on any atom is -1.00 e. The summed E-state index contributed by atoms with van der Waals surface area (Å²) in [6.45, 7) is 0.823. The summed E-state index contributed by atoms with van der Waals surface area (Å²) in [6, 6.07) is 7.53. The molecule has 1 atom stereocenters. The molecule has 0 bridgehead atoms. The third-order valence-electron chi connectivity index (χ3n) is 6.86. The molecule has 2 heterocycles. The van der Waals surface area contributed by atoms with Crippen LogP contribution in [-0.4, -0.2) is 55.0 Å². The fourth-order valence-electron chi connectivity index (χ4n) is 4.94. The van der Waals surface area contributed by atoms with E-state index >= 15 is 0 Å². The van der Waals surface area contributed by atoms with Crippen molar-refractivity contribution in [1.29, 1.82) is 0 Å². The molecule has 2 aliphatic rings. The lowest BCUT2D eigenvalue weighted by atomic mass is 9.83. The minimum absolute atomic E-state index is 0. The van der Waals surface area contributed by atoms with E-state index in [2.05, 4.69) is 14.1 Å². The van der Waals surface area contributed by atoms with Crippen LogP contribution in [0.4, 0.5) is 0 Å². The number of benzene rings is 2. The van der Waals surface area contributed by atoms with E-state index in [9.17, 15) is 15.0 Å². The van der Waals surface area contributed by atoms with Gasteiger partial charge in [-0.05, 0) is 41.3 Å². The number of halogens is 1. The highest BCUT2D eigenvalue weighted by atomic mass is 127. The molecule has 0 amide bonds. The van der Waals surface area contributed by atoms with Crippen molar-refractivity contribution >= 4 is 5.78 Å². The first-order chi connectivity index (χ1) is 15.4. The number of carbonyl (C=O) groups is 1. The first kappa shape index (κ1) is 25.7. The number of Topliss-reactive ketones (excluding diaryl/α,β-unsaturated/α-hetero) is 1. The van der Waals surface area contributed by atoms with Crippen LogP contribution in [0.2, 0.25) is 0 Å². The zero-order chi connectivity index (χ0) is 22.9. The molecule has 7 nitrogen and oxygen atoms in total. The largest absolute Gasteiger partial charge is 1.00 e. The first-order valence-electron chi connectivity index (χ1n) is 11.0. The number of carbonyl (C=O) groups excluding carboxylic acids is 1. The van der Waals surface area contributed by atoms with Crippen molar-refractivity contribution < 1.29 is 57.7 Å². The molecule has 0 saturated carbocycles. The third kappa shape index (κ3) is 5.13. The summed E-state index contributed by atoms with van der Waals surface area (Å²) in [5.41, 5.74) is 4.65. The molecule has 0 radical (unpaired) electrons. The van der Waals surface area contributed by atoms with Crippen LogP contribution in [-0.2, 0) is 30.8 Å². The van der Waals surface area contributed by atoms with E-state index in [1.165, 1.54) is 0 Å². The molecule has 180 valence electrons. The monoisotopic (exact) mass is 569 g/mol. The smallest absolute Gasteiger partial charge is 0.231 e. The number of quaternary nitrogens is 1. The van der Waals surface area contributed by atoms with Crippen molar-refractivity contribution in [2.75, 3.05) is 34.5 Å². The van der Waals surface area contributed by atoms with Gasteiger partial charge in [-0.3, -0.25) is 4.79 Å². The molecule has 1 unspecified atom stereocenters. The molecule has 4 rings (SSSR count). The number of ketones is 1. The molecule has 8 heteroatoms. The molecule has 33 heavy (non-hydrogen) atoms. The molecule has 0 fully saturated rings. The van der Waals surface area contributed by atoms with Crippen molar-refractivity contribution in [3.05, 3.63) is 52.1 Å². The van der Waals surface area contributed by atoms with Gasteiger partial charge in [-0.25, -0.2) is 0 Å². The number of aliphatic hydroxyl groups excluding tert-OH is 2.